The van der Waals surface area contributed by atoms with Gasteiger partial charge in [-0.05, 0) is 42.2 Å². The average molecular weight is 270 g/mol. The lowest BCUT2D eigenvalue weighted by atomic mass is 9.85. The predicted molar refractivity (Wildman–Crippen MR) is 82.2 cm³/mol. The Labute approximate surface area is 121 Å². The summed E-state index contributed by atoms with van der Waals surface area (Å²) in [6.07, 6.45) is 0.407. The number of aryl methyl sites for hydroxylation is 1. The predicted octanol–water partition coefficient (Wildman–Crippen LogP) is 4.23. The first kappa shape index (κ1) is 14.6. The minimum atomic E-state index is -0.492. The first-order chi connectivity index (χ1) is 9.67. The van der Waals surface area contributed by atoms with Crippen LogP contribution in [0.5, 0.6) is 5.75 Å². The van der Waals surface area contributed by atoms with Crippen LogP contribution in [0, 0.1) is 6.92 Å². The highest BCUT2D eigenvalue weighted by Crippen LogP contribution is 2.35. The van der Waals surface area contributed by atoms with Crippen LogP contribution in [0.4, 0.5) is 0 Å². The summed E-state index contributed by atoms with van der Waals surface area (Å²) in [6, 6.07) is 16.0. The Morgan fingerprint density at radius 2 is 1.80 bits per heavy atom. The molecule has 0 aliphatic heterocycles. The summed E-state index contributed by atoms with van der Waals surface area (Å²) in [7, 11) is 1.66. The van der Waals surface area contributed by atoms with Crippen LogP contribution >= 0.6 is 0 Å². The van der Waals surface area contributed by atoms with Crippen LogP contribution in [-0.4, -0.2) is 12.2 Å². The fraction of sp³-hybridized carbons (Fsp3) is 0.333. The Kier molecular flexibility index (Phi) is 4.80. The monoisotopic (exact) mass is 270 g/mol. The molecule has 0 saturated heterocycles. The molecule has 0 saturated carbocycles. The third-order valence-electron chi connectivity index (χ3n) is 3.84. The Morgan fingerprint density at radius 1 is 1.10 bits per heavy atom. The van der Waals surface area contributed by atoms with Gasteiger partial charge in [-0.3, -0.25) is 0 Å². The molecular weight excluding hydrogens is 248 g/mol. The zero-order valence-corrected chi connectivity index (χ0v) is 12.3. The quantitative estimate of drug-likeness (QED) is 0.881. The van der Waals surface area contributed by atoms with Crippen molar-refractivity contribution in [1.82, 2.24) is 0 Å². The Hall–Kier alpha value is -1.80. The van der Waals surface area contributed by atoms with Gasteiger partial charge < -0.3 is 9.84 Å². The van der Waals surface area contributed by atoms with Crippen molar-refractivity contribution >= 4 is 0 Å². The van der Waals surface area contributed by atoms with E-state index in [0.717, 1.165) is 23.3 Å². The molecule has 2 unspecified atom stereocenters. The number of hydrogen-bond donors (Lipinski definition) is 1. The van der Waals surface area contributed by atoms with Crippen molar-refractivity contribution in [2.75, 3.05) is 7.11 Å². The van der Waals surface area contributed by atoms with Crippen LogP contribution in [0.3, 0.4) is 0 Å². The van der Waals surface area contributed by atoms with E-state index in [-0.39, 0.29) is 5.92 Å². The number of aliphatic hydroxyl groups is 1. The highest BCUT2D eigenvalue weighted by Gasteiger charge is 2.22. The molecule has 0 bridgehead atoms. The van der Waals surface area contributed by atoms with E-state index in [1.54, 1.807) is 7.11 Å². The molecule has 0 fully saturated rings. The van der Waals surface area contributed by atoms with Gasteiger partial charge >= 0.3 is 0 Å². The SMILES string of the molecule is CCC(c1ccccc1)C(O)c1ccc(OC)cc1C. The van der Waals surface area contributed by atoms with Crippen molar-refractivity contribution in [1.29, 1.82) is 0 Å². The molecule has 2 aromatic carbocycles. The molecule has 0 aliphatic carbocycles. The molecule has 0 amide bonds. The van der Waals surface area contributed by atoms with Crippen molar-refractivity contribution in [2.45, 2.75) is 32.3 Å². The molecule has 2 atom stereocenters. The smallest absolute Gasteiger partial charge is 0.119 e. The van der Waals surface area contributed by atoms with E-state index in [0.29, 0.717) is 0 Å². The molecule has 20 heavy (non-hydrogen) atoms. The van der Waals surface area contributed by atoms with Gasteiger partial charge in [0.15, 0.2) is 0 Å². The molecule has 106 valence electrons. The number of rotatable bonds is 5. The Balaban J connectivity index is 2.31. The van der Waals surface area contributed by atoms with Crippen LogP contribution in [0.25, 0.3) is 0 Å². The maximum Gasteiger partial charge on any atom is 0.119 e. The van der Waals surface area contributed by atoms with Crippen molar-refractivity contribution in [3.63, 3.8) is 0 Å². The molecule has 1 N–H and O–H groups in total. The number of methoxy groups -OCH3 is 1. The maximum atomic E-state index is 10.7. The van der Waals surface area contributed by atoms with Crippen LogP contribution in [0.2, 0.25) is 0 Å². The molecule has 2 heteroatoms. The summed E-state index contributed by atoms with van der Waals surface area (Å²) in [5, 5.41) is 10.7. The van der Waals surface area contributed by atoms with E-state index in [1.807, 2.05) is 43.3 Å². The van der Waals surface area contributed by atoms with Gasteiger partial charge in [-0.15, -0.1) is 0 Å². The summed E-state index contributed by atoms with van der Waals surface area (Å²) in [4.78, 5) is 0. The second kappa shape index (κ2) is 6.58. The normalized spacial score (nSPS) is 13.8. The second-order valence-electron chi connectivity index (χ2n) is 5.09. The third-order valence-corrected chi connectivity index (χ3v) is 3.84. The van der Waals surface area contributed by atoms with Crippen molar-refractivity contribution in [3.05, 3.63) is 65.2 Å². The molecule has 0 heterocycles. The lowest BCUT2D eigenvalue weighted by Crippen LogP contribution is -2.11. The van der Waals surface area contributed by atoms with Gasteiger partial charge in [0, 0.05) is 5.92 Å². The van der Waals surface area contributed by atoms with Gasteiger partial charge in [-0.2, -0.15) is 0 Å². The molecule has 0 aliphatic rings. The largest absolute Gasteiger partial charge is 0.497 e. The minimum Gasteiger partial charge on any atom is -0.497 e. The average Bonchev–Trinajstić information content (AvgIpc) is 2.48. The van der Waals surface area contributed by atoms with Crippen molar-refractivity contribution in [2.24, 2.45) is 0 Å². The van der Waals surface area contributed by atoms with E-state index in [9.17, 15) is 5.11 Å². The van der Waals surface area contributed by atoms with Crippen molar-refractivity contribution in [3.8, 4) is 5.75 Å². The molecule has 2 aromatic rings. The van der Waals surface area contributed by atoms with Gasteiger partial charge in [0.2, 0.25) is 0 Å². The van der Waals surface area contributed by atoms with E-state index in [2.05, 4.69) is 19.1 Å². The molecule has 0 aromatic heterocycles. The zero-order chi connectivity index (χ0) is 14.5. The topological polar surface area (TPSA) is 29.5 Å². The number of hydrogen-bond acceptors (Lipinski definition) is 2. The van der Waals surface area contributed by atoms with E-state index in [1.165, 1.54) is 5.56 Å². The number of aliphatic hydroxyl groups excluding tert-OH is 1. The Bertz CT molecular complexity index is 549. The lowest BCUT2D eigenvalue weighted by molar-refractivity contribution is 0.142. The molecule has 0 spiro atoms. The maximum absolute atomic E-state index is 10.7. The summed E-state index contributed by atoms with van der Waals surface area (Å²) in [6.45, 7) is 4.12. The van der Waals surface area contributed by atoms with E-state index >= 15 is 0 Å². The Morgan fingerprint density at radius 3 is 2.35 bits per heavy atom. The van der Waals surface area contributed by atoms with Gasteiger partial charge in [-0.25, -0.2) is 0 Å². The fourth-order valence-electron chi connectivity index (χ4n) is 2.67. The van der Waals surface area contributed by atoms with Crippen LogP contribution < -0.4 is 4.74 Å². The molecule has 0 radical (unpaired) electrons. The number of benzene rings is 2. The van der Waals surface area contributed by atoms with Gasteiger partial charge in [0.05, 0.1) is 13.2 Å². The van der Waals surface area contributed by atoms with E-state index < -0.39 is 6.10 Å². The zero-order valence-electron chi connectivity index (χ0n) is 12.3. The van der Waals surface area contributed by atoms with Crippen LogP contribution in [0.1, 0.15) is 42.1 Å². The lowest BCUT2D eigenvalue weighted by Gasteiger charge is -2.24. The minimum absolute atomic E-state index is 0.114. The van der Waals surface area contributed by atoms with Gasteiger partial charge in [0.25, 0.3) is 0 Å². The fourth-order valence-corrected chi connectivity index (χ4v) is 2.67. The first-order valence-electron chi connectivity index (χ1n) is 7.05. The summed E-state index contributed by atoms with van der Waals surface area (Å²) >= 11 is 0. The second-order valence-corrected chi connectivity index (χ2v) is 5.09. The van der Waals surface area contributed by atoms with Gasteiger partial charge in [0.1, 0.15) is 5.75 Å². The van der Waals surface area contributed by atoms with Crippen molar-refractivity contribution < 1.29 is 9.84 Å². The van der Waals surface area contributed by atoms with E-state index in [4.69, 9.17) is 4.74 Å². The molecule has 2 rings (SSSR count). The van der Waals surface area contributed by atoms with Gasteiger partial charge in [-0.1, -0.05) is 43.3 Å². The molecule has 2 nitrogen and oxygen atoms in total. The summed E-state index contributed by atoms with van der Waals surface area (Å²) < 4.78 is 5.22. The highest BCUT2D eigenvalue weighted by atomic mass is 16.5. The summed E-state index contributed by atoms with van der Waals surface area (Å²) in [5.41, 5.74) is 3.21. The standard InChI is InChI=1S/C18H22O2/c1-4-16(14-8-6-5-7-9-14)18(19)17-11-10-15(20-3)12-13(17)2/h5-12,16,18-19H,4H2,1-3H3. The highest BCUT2D eigenvalue weighted by molar-refractivity contribution is 5.38. The van der Waals surface area contributed by atoms with Crippen LogP contribution in [0.15, 0.2) is 48.5 Å². The van der Waals surface area contributed by atoms with Crippen LogP contribution in [-0.2, 0) is 0 Å². The summed E-state index contributed by atoms with van der Waals surface area (Å²) in [5.74, 6) is 0.939. The first-order valence-corrected chi connectivity index (χ1v) is 7.05. The molecular formula is C18H22O2. The number of ether oxygens (including phenoxy) is 1. The third kappa shape index (κ3) is 3.02.